The number of carboxylic acids is 1. The smallest absolute Gasteiger partial charge is 0.166 e. The Balaban J connectivity index is 2.35. The van der Waals surface area contributed by atoms with Crippen LogP contribution in [0.2, 0.25) is 0 Å². The van der Waals surface area contributed by atoms with Crippen molar-refractivity contribution in [2.75, 3.05) is 7.11 Å². The fourth-order valence-corrected chi connectivity index (χ4v) is 3.62. The number of hydrogen-bond acceptors (Lipinski definition) is 4. The highest BCUT2D eigenvalue weighted by Gasteiger charge is 2.41. The molecule has 120 valence electrons. The maximum atomic E-state index is 12.8. The van der Waals surface area contributed by atoms with Crippen molar-refractivity contribution in [2.24, 2.45) is 17.3 Å². The summed E-state index contributed by atoms with van der Waals surface area (Å²) in [7, 11) is 1.60. The number of aryl methyl sites for hydroxylation is 1. The number of fused-ring (bicyclic) bond motifs is 1. The molecule has 0 fully saturated rings. The molecule has 0 aliphatic heterocycles. The van der Waals surface area contributed by atoms with Crippen LogP contribution >= 0.6 is 0 Å². The zero-order valence-electron chi connectivity index (χ0n) is 13.6. The minimum Gasteiger partial charge on any atom is -0.550 e. The van der Waals surface area contributed by atoms with Gasteiger partial charge in [0.1, 0.15) is 5.75 Å². The first-order chi connectivity index (χ1) is 10.3. The standard InChI is InChI=1S/C18H24O4/c1-5-15(18(2,3)17(20)21)14-8-6-11-10-12(22-4)7-9-13(11)16(14)19/h7,9-10,14-15H,5-6,8H2,1-4H3,(H,20,21)/p-1/t14-,15-/m0/s1. The summed E-state index contributed by atoms with van der Waals surface area (Å²) in [6.45, 7) is 5.26. The Hall–Kier alpha value is -1.84. The second-order valence-electron chi connectivity index (χ2n) is 6.56. The maximum Gasteiger partial charge on any atom is 0.166 e. The summed E-state index contributed by atoms with van der Waals surface area (Å²) >= 11 is 0. The molecule has 2 rings (SSSR count). The van der Waals surface area contributed by atoms with Crippen molar-refractivity contribution in [1.29, 1.82) is 0 Å². The molecule has 1 aromatic rings. The molecule has 0 bridgehead atoms. The topological polar surface area (TPSA) is 66.4 Å². The van der Waals surface area contributed by atoms with Gasteiger partial charge in [-0.25, -0.2) is 0 Å². The highest BCUT2D eigenvalue weighted by Crippen LogP contribution is 2.41. The van der Waals surface area contributed by atoms with Crippen molar-refractivity contribution < 1.29 is 19.4 Å². The summed E-state index contributed by atoms with van der Waals surface area (Å²) in [6.07, 6.45) is 2.08. The molecule has 0 aromatic heterocycles. The van der Waals surface area contributed by atoms with Gasteiger partial charge in [0.05, 0.1) is 7.11 Å². The Morgan fingerprint density at radius 3 is 2.68 bits per heavy atom. The molecule has 1 aromatic carbocycles. The predicted octanol–water partition coefficient (Wildman–Crippen LogP) is 2.24. The molecule has 0 heterocycles. The number of benzene rings is 1. The zero-order valence-corrected chi connectivity index (χ0v) is 13.6. The normalized spacial score (nSPS) is 19.5. The number of ketones is 1. The second-order valence-corrected chi connectivity index (χ2v) is 6.56. The van der Waals surface area contributed by atoms with Crippen molar-refractivity contribution in [3.05, 3.63) is 29.3 Å². The number of carboxylic acid groups (broad SMARTS) is 1. The third-order valence-corrected chi connectivity index (χ3v) is 5.02. The monoisotopic (exact) mass is 303 g/mol. The number of carbonyl (C=O) groups is 2. The van der Waals surface area contributed by atoms with Crippen LogP contribution in [0.3, 0.4) is 0 Å². The fraction of sp³-hybridized carbons (Fsp3) is 0.556. The van der Waals surface area contributed by atoms with Crippen LogP contribution in [-0.2, 0) is 11.2 Å². The van der Waals surface area contributed by atoms with Crippen molar-refractivity contribution in [1.82, 2.24) is 0 Å². The number of aliphatic carboxylic acids is 1. The van der Waals surface area contributed by atoms with Gasteiger partial charge in [-0.05, 0) is 42.5 Å². The summed E-state index contributed by atoms with van der Waals surface area (Å²) in [5.74, 6) is -0.788. The predicted molar refractivity (Wildman–Crippen MR) is 81.7 cm³/mol. The van der Waals surface area contributed by atoms with Gasteiger partial charge in [0.2, 0.25) is 0 Å². The molecule has 0 unspecified atom stereocenters. The van der Waals surface area contributed by atoms with E-state index in [4.69, 9.17) is 4.74 Å². The Morgan fingerprint density at radius 1 is 1.45 bits per heavy atom. The number of methoxy groups -OCH3 is 1. The van der Waals surface area contributed by atoms with Crippen LogP contribution in [0.1, 0.15) is 49.5 Å². The van der Waals surface area contributed by atoms with Gasteiger partial charge in [-0.1, -0.05) is 27.2 Å². The SMILES string of the molecule is CC[C@@H]([C@@H]1CCc2cc(OC)ccc2C1=O)C(C)(C)C(=O)[O-]. The van der Waals surface area contributed by atoms with Gasteiger partial charge >= 0.3 is 0 Å². The molecule has 1 aliphatic carbocycles. The van der Waals surface area contributed by atoms with E-state index in [-0.39, 0.29) is 17.6 Å². The molecule has 0 spiro atoms. The summed E-state index contributed by atoms with van der Waals surface area (Å²) < 4.78 is 5.20. The van der Waals surface area contributed by atoms with E-state index in [1.165, 1.54) is 0 Å². The quantitative estimate of drug-likeness (QED) is 0.836. The molecule has 2 atom stereocenters. The first kappa shape index (κ1) is 16.5. The molecular weight excluding hydrogens is 280 g/mol. The first-order valence-corrected chi connectivity index (χ1v) is 7.75. The Bertz CT molecular complexity index is 589. The van der Waals surface area contributed by atoms with Crippen molar-refractivity contribution in [3.8, 4) is 5.75 Å². The Morgan fingerprint density at radius 2 is 2.14 bits per heavy atom. The summed E-state index contributed by atoms with van der Waals surface area (Å²) in [5.41, 5.74) is 0.672. The number of hydrogen-bond donors (Lipinski definition) is 0. The van der Waals surface area contributed by atoms with Crippen LogP contribution in [-0.4, -0.2) is 18.9 Å². The van der Waals surface area contributed by atoms with Crippen LogP contribution in [0.5, 0.6) is 5.75 Å². The average Bonchev–Trinajstić information content (AvgIpc) is 2.49. The van der Waals surface area contributed by atoms with Gasteiger partial charge in [0.15, 0.2) is 5.78 Å². The van der Waals surface area contributed by atoms with Crippen LogP contribution < -0.4 is 9.84 Å². The molecular formula is C18H23O4-. The number of carbonyl (C=O) groups excluding carboxylic acids is 2. The first-order valence-electron chi connectivity index (χ1n) is 7.75. The van der Waals surface area contributed by atoms with E-state index in [1.54, 1.807) is 33.1 Å². The highest BCUT2D eigenvalue weighted by atomic mass is 16.5. The van der Waals surface area contributed by atoms with E-state index in [9.17, 15) is 14.7 Å². The number of rotatable bonds is 5. The third kappa shape index (κ3) is 2.74. The van der Waals surface area contributed by atoms with Gasteiger partial charge in [-0.15, -0.1) is 0 Å². The molecule has 0 N–H and O–H groups in total. The molecule has 22 heavy (non-hydrogen) atoms. The lowest BCUT2D eigenvalue weighted by Crippen LogP contribution is -2.47. The Labute approximate surface area is 131 Å². The molecule has 4 nitrogen and oxygen atoms in total. The van der Waals surface area contributed by atoms with E-state index >= 15 is 0 Å². The van der Waals surface area contributed by atoms with Crippen LogP contribution in [0.4, 0.5) is 0 Å². The molecule has 0 saturated carbocycles. The number of ether oxygens (including phenoxy) is 1. The lowest BCUT2D eigenvalue weighted by Gasteiger charge is -2.41. The summed E-state index contributed by atoms with van der Waals surface area (Å²) in [4.78, 5) is 24.3. The number of Topliss-reactive ketones (excluding diaryl/α,β-unsaturated/α-hetero) is 1. The molecule has 1 aliphatic rings. The molecule has 0 saturated heterocycles. The van der Waals surface area contributed by atoms with Crippen molar-refractivity contribution in [2.45, 2.75) is 40.0 Å². The van der Waals surface area contributed by atoms with Gasteiger partial charge < -0.3 is 14.6 Å². The van der Waals surface area contributed by atoms with Crippen molar-refractivity contribution >= 4 is 11.8 Å². The lowest BCUT2D eigenvalue weighted by atomic mass is 9.65. The van der Waals surface area contributed by atoms with E-state index < -0.39 is 11.4 Å². The Kier molecular flexibility index (Phi) is 4.59. The minimum absolute atomic E-state index is 0.0464. The molecule has 4 heteroatoms. The summed E-state index contributed by atoms with van der Waals surface area (Å²) in [5, 5.41) is 11.5. The zero-order chi connectivity index (χ0) is 16.5. The van der Waals surface area contributed by atoms with Crippen LogP contribution in [0.25, 0.3) is 0 Å². The van der Waals surface area contributed by atoms with Gasteiger partial charge in [0, 0.05) is 22.9 Å². The second kappa shape index (κ2) is 6.11. The van der Waals surface area contributed by atoms with E-state index in [0.717, 1.165) is 17.7 Å². The van der Waals surface area contributed by atoms with Crippen LogP contribution in [0, 0.1) is 17.3 Å². The van der Waals surface area contributed by atoms with Crippen molar-refractivity contribution in [3.63, 3.8) is 0 Å². The highest BCUT2D eigenvalue weighted by molar-refractivity contribution is 6.00. The fourth-order valence-electron chi connectivity index (χ4n) is 3.62. The van der Waals surface area contributed by atoms with E-state index in [2.05, 4.69) is 0 Å². The van der Waals surface area contributed by atoms with Gasteiger partial charge in [-0.3, -0.25) is 4.79 Å². The minimum atomic E-state index is -1.09. The summed E-state index contributed by atoms with van der Waals surface area (Å²) in [6, 6.07) is 5.47. The van der Waals surface area contributed by atoms with Gasteiger partial charge in [-0.2, -0.15) is 0 Å². The largest absolute Gasteiger partial charge is 0.550 e. The third-order valence-electron chi connectivity index (χ3n) is 5.02. The van der Waals surface area contributed by atoms with E-state index in [0.29, 0.717) is 18.4 Å². The lowest BCUT2D eigenvalue weighted by molar-refractivity contribution is -0.320. The van der Waals surface area contributed by atoms with Crippen LogP contribution in [0.15, 0.2) is 18.2 Å². The average molecular weight is 303 g/mol. The van der Waals surface area contributed by atoms with Gasteiger partial charge in [0.25, 0.3) is 0 Å². The maximum absolute atomic E-state index is 12.8. The van der Waals surface area contributed by atoms with E-state index in [1.807, 2.05) is 13.0 Å². The molecule has 0 amide bonds. The molecule has 0 radical (unpaired) electrons.